The summed E-state index contributed by atoms with van der Waals surface area (Å²) in [7, 11) is 2.08. The summed E-state index contributed by atoms with van der Waals surface area (Å²) in [5, 5.41) is 8.76. The molecule has 3 heteroatoms. The Morgan fingerprint density at radius 1 is 1.57 bits per heavy atom. The van der Waals surface area contributed by atoms with Crippen LogP contribution in [0.1, 0.15) is 33.6 Å². The normalized spacial score (nSPS) is 29.1. The van der Waals surface area contributed by atoms with Crippen molar-refractivity contribution in [3.8, 4) is 6.07 Å². The highest BCUT2D eigenvalue weighted by molar-refractivity contribution is 5.01. The summed E-state index contributed by atoms with van der Waals surface area (Å²) in [6.07, 6.45) is 2.50. The minimum atomic E-state index is -0.378. The van der Waals surface area contributed by atoms with E-state index in [1.807, 2.05) is 6.92 Å². The van der Waals surface area contributed by atoms with Gasteiger partial charge in [-0.1, -0.05) is 13.8 Å². The molecule has 0 heterocycles. The summed E-state index contributed by atoms with van der Waals surface area (Å²) in [5.41, 5.74) is 6.11. The maximum absolute atomic E-state index is 8.76. The molecular weight excluding hydrogens is 174 g/mol. The van der Waals surface area contributed by atoms with Crippen molar-refractivity contribution in [1.82, 2.24) is 4.90 Å². The second kappa shape index (κ2) is 3.88. The zero-order valence-corrected chi connectivity index (χ0v) is 9.62. The van der Waals surface area contributed by atoms with Crippen molar-refractivity contribution in [3.63, 3.8) is 0 Å². The minimum absolute atomic E-state index is 0.143. The summed E-state index contributed by atoms with van der Waals surface area (Å²) >= 11 is 0. The smallest absolute Gasteiger partial charge is 0.108 e. The predicted molar refractivity (Wildman–Crippen MR) is 57.6 cm³/mol. The highest BCUT2D eigenvalue weighted by Gasteiger charge is 2.42. The Kier molecular flexibility index (Phi) is 3.18. The van der Waals surface area contributed by atoms with Gasteiger partial charge in [-0.05, 0) is 32.2 Å². The van der Waals surface area contributed by atoms with E-state index in [1.165, 1.54) is 12.8 Å². The van der Waals surface area contributed by atoms with Crippen LogP contribution in [0.25, 0.3) is 0 Å². The second-order valence-corrected chi connectivity index (χ2v) is 5.10. The Labute approximate surface area is 86.9 Å². The molecule has 1 fully saturated rings. The molecule has 0 bridgehead atoms. The minimum Gasteiger partial charge on any atom is -0.315 e. The lowest BCUT2D eigenvalue weighted by molar-refractivity contribution is -0.00658. The van der Waals surface area contributed by atoms with E-state index in [9.17, 15) is 0 Å². The van der Waals surface area contributed by atoms with E-state index in [1.54, 1.807) is 0 Å². The lowest BCUT2D eigenvalue weighted by atomic mass is 9.66. The van der Waals surface area contributed by atoms with Gasteiger partial charge in [0.05, 0.1) is 6.07 Å². The SMILES string of the molecule is CC(C(N)C#N)N(C)C1CCC1(C)C. The van der Waals surface area contributed by atoms with E-state index in [-0.39, 0.29) is 12.1 Å². The number of hydrogen-bond acceptors (Lipinski definition) is 3. The van der Waals surface area contributed by atoms with E-state index in [0.29, 0.717) is 11.5 Å². The second-order valence-electron chi connectivity index (χ2n) is 5.10. The summed E-state index contributed by atoms with van der Waals surface area (Å²) < 4.78 is 0. The molecule has 3 unspecified atom stereocenters. The molecule has 3 nitrogen and oxygen atoms in total. The van der Waals surface area contributed by atoms with Crippen LogP contribution in [0.3, 0.4) is 0 Å². The van der Waals surface area contributed by atoms with Crippen LogP contribution in [0.2, 0.25) is 0 Å². The largest absolute Gasteiger partial charge is 0.315 e. The number of nitriles is 1. The maximum atomic E-state index is 8.76. The fraction of sp³-hybridized carbons (Fsp3) is 0.909. The summed E-state index contributed by atoms with van der Waals surface area (Å²) in [6, 6.07) is 2.46. The topological polar surface area (TPSA) is 53.1 Å². The molecule has 0 radical (unpaired) electrons. The Balaban J connectivity index is 2.58. The molecule has 0 amide bonds. The van der Waals surface area contributed by atoms with Crippen LogP contribution < -0.4 is 5.73 Å². The Morgan fingerprint density at radius 3 is 2.43 bits per heavy atom. The first-order valence-corrected chi connectivity index (χ1v) is 5.27. The van der Waals surface area contributed by atoms with Gasteiger partial charge in [0.25, 0.3) is 0 Å². The molecule has 1 aliphatic carbocycles. The molecular formula is C11H21N3. The molecule has 0 aromatic heterocycles. The van der Waals surface area contributed by atoms with Crippen molar-refractivity contribution in [2.45, 2.75) is 51.7 Å². The fourth-order valence-electron chi connectivity index (χ4n) is 2.25. The van der Waals surface area contributed by atoms with Gasteiger partial charge in [0.2, 0.25) is 0 Å². The molecule has 1 saturated carbocycles. The standard InChI is InChI=1S/C11H21N3/c1-8(9(13)7-12)14(4)10-5-6-11(10,2)3/h8-10H,5-6,13H2,1-4H3. The zero-order valence-electron chi connectivity index (χ0n) is 9.62. The molecule has 2 N–H and O–H groups in total. The Morgan fingerprint density at radius 2 is 2.14 bits per heavy atom. The van der Waals surface area contributed by atoms with E-state index < -0.39 is 0 Å². The summed E-state index contributed by atoms with van der Waals surface area (Å²) in [6.45, 7) is 6.59. The van der Waals surface area contributed by atoms with E-state index in [0.717, 1.165) is 0 Å². The third-order valence-corrected chi connectivity index (χ3v) is 3.77. The summed E-state index contributed by atoms with van der Waals surface area (Å²) in [4.78, 5) is 2.26. The van der Waals surface area contributed by atoms with Crippen molar-refractivity contribution in [3.05, 3.63) is 0 Å². The first-order chi connectivity index (χ1) is 6.40. The van der Waals surface area contributed by atoms with Crippen molar-refractivity contribution in [1.29, 1.82) is 5.26 Å². The van der Waals surface area contributed by atoms with E-state index in [4.69, 9.17) is 11.0 Å². The molecule has 14 heavy (non-hydrogen) atoms. The van der Waals surface area contributed by atoms with Crippen molar-refractivity contribution in [2.75, 3.05) is 7.05 Å². The van der Waals surface area contributed by atoms with Gasteiger partial charge in [0, 0.05) is 12.1 Å². The van der Waals surface area contributed by atoms with Gasteiger partial charge < -0.3 is 5.73 Å². The van der Waals surface area contributed by atoms with Gasteiger partial charge in [0.1, 0.15) is 6.04 Å². The molecule has 0 saturated heterocycles. The van der Waals surface area contributed by atoms with Crippen molar-refractivity contribution < 1.29 is 0 Å². The number of nitrogens with two attached hydrogens (primary N) is 1. The van der Waals surface area contributed by atoms with Crippen LogP contribution in [0.4, 0.5) is 0 Å². The highest BCUT2D eigenvalue weighted by Crippen LogP contribution is 2.43. The van der Waals surface area contributed by atoms with E-state index >= 15 is 0 Å². The number of hydrogen-bond donors (Lipinski definition) is 1. The first kappa shape index (κ1) is 11.5. The molecule has 0 aromatic carbocycles. The molecule has 1 aliphatic rings. The van der Waals surface area contributed by atoms with E-state index in [2.05, 4.69) is 31.9 Å². The molecule has 3 atom stereocenters. The Bertz CT molecular complexity index is 241. The predicted octanol–water partition coefficient (Wildman–Crippen LogP) is 1.35. The highest BCUT2D eigenvalue weighted by atomic mass is 15.2. The zero-order chi connectivity index (χ0) is 10.9. The lowest BCUT2D eigenvalue weighted by Crippen LogP contribution is -2.57. The first-order valence-electron chi connectivity index (χ1n) is 5.27. The monoisotopic (exact) mass is 195 g/mol. The van der Waals surface area contributed by atoms with Gasteiger partial charge in [-0.15, -0.1) is 0 Å². The molecule has 0 spiro atoms. The fourth-order valence-corrected chi connectivity index (χ4v) is 2.25. The van der Waals surface area contributed by atoms with Crippen LogP contribution in [-0.4, -0.2) is 30.1 Å². The Hall–Kier alpha value is -0.590. The van der Waals surface area contributed by atoms with Gasteiger partial charge in [-0.2, -0.15) is 5.26 Å². The summed E-state index contributed by atoms with van der Waals surface area (Å²) in [5.74, 6) is 0. The van der Waals surface area contributed by atoms with Crippen molar-refractivity contribution in [2.24, 2.45) is 11.1 Å². The third kappa shape index (κ3) is 1.92. The average Bonchev–Trinajstić information content (AvgIpc) is 2.13. The average molecular weight is 195 g/mol. The van der Waals surface area contributed by atoms with Gasteiger partial charge in [-0.3, -0.25) is 4.90 Å². The van der Waals surface area contributed by atoms with Crippen LogP contribution in [-0.2, 0) is 0 Å². The molecule has 1 rings (SSSR count). The van der Waals surface area contributed by atoms with Crippen LogP contribution in [0.15, 0.2) is 0 Å². The number of rotatable bonds is 3. The quantitative estimate of drug-likeness (QED) is 0.739. The van der Waals surface area contributed by atoms with Crippen LogP contribution >= 0.6 is 0 Å². The van der Waals surface area contributed by atoms with Crippen LogP contribution in [0, 0.1) is 16.7 Å². The van der Waals surface area contributed by atoms with Gasteiger partial charge >= 0.3 is 0 Å². The number of nitrogens with zero attached hydrogens (tertiary/aromatic N) is 2. The maximum Gasteiger partial charge on any atom is 0.108 e. The molecule has 80 valence electrons. The lowest BCUT2D eigenvalue weighted by Gasteiger charge is -2.51. The van der Waals surface area contributed by atoms with Crippen molar-refractivity contribution >= 4 is 0 Å². The number of likely N-dealkylation sites (N-methyl/N-ethyl adjacent to an activating group) is 1. The van der Waals surface area contributed by atoms with Gasteiger partial charge in [-0.25, -0.2) is 0 Å². The molecule has 0 aromatic rings. The van der Waals surface area contributed by atoms with Crippen LogP contribution in [0.5, 0.6) is 0 Å². The third-order valence-electron chi connectivity index (χ3n) is 3.77. The molecule has 0 aliphatic heterocycles. The van der Waals surface area contributed by atoms with Gasteiger partial charge in [0.15, 0.2) is 0 Å².